The summed E-state index contributed by atoms with van der Waals surface area (Å²) < 4.78 is 26.4. The highest BCUT2D eigenvalue weighted by molar-refractivity contribution is 7.92. The molecule has 1 unspecified atom stereocenters. The molecule has 0 spiro atoms. The van der Waals surface area contributed by atoms with Gasteiger partial charge in [-0.15, -0.1) is 0 Å². The van der Waals surface area contributed by atoms with Gasteiger partial charge in [-0.25, -0.2) is 8.42 Å². The van der Waals surface area contributed by atoms with Gasteiger partial charge < -0.3 is 10.2 Å². The molecule has 2 amide bonds. The third-order valence-corrected chi connectivity index (χ3v) is 8.26. The molecule has 0 saturated heterocycles. The van der Waals surface area contributed by atoms with Crippen molar-refractivity contribution in [3.63, 3.8) is 0 Å². The lowest BCUT2D eigenvalue weighted by Gasteiger charge is -2.32. The second kappa shape index (κ2) is 12.3. The number of sulfonamides is 1. The number of amides is 2. The first-order chi connectivity index (χ1) is 17.0. The van der Waals surface area contributed by atoms with Gasteiger partial charge in [0.25, 0.3) is 0 Å². The van der Waals surface area contributed by atoms with Crippen LogP contribution in [0.3, 0.4) is 0 Å². The molecule has 1 fully saturated rings. The van der Waals surface area contributed by atoms with Gasteiger partial charge in [-0.05, 0) is 61.6 Å². The molecule has 2 aromatic rings. The summed E-state index contributed by atoms with van der Waals surface area (Å²) in [5.74, 6) is -0.793. The number of carbonyl (C=O) groups is 2. The lowest BCUT2D eigenvalue weighted by Crippen LogP contribution is -2.52. The Morgan fingerprint density at radius 3 is 2.28 bits per heavy atom. The molecule has 36 heavy (non-hydrogen) atoms. The minimum Gasteiger partial charge on any atom is -0.352 e. The quantitative estimate of drug-likeness (QED) is 0.457. The summed E-state index contributed by atoms with van der Waals surface area (Å²) in [6, 6.07) is 11.2. The molecule has 0 aromatic heterocycles. The number of halogens is 2. The maximum Gasteiger partial charge on any atom is 0.244 e. The second-order valence-electron chi connectivity index (χ2n) is 9.21. The van der Waals surface area contributed by atoms with Crippen molar-refractivity contribution in [3.05, 3.63) is 63.6 Å². The molecular formula is C26H33Cl2N3O4S. The van der Waals surface area contributed by atoms with Crippen LogP contribution in [-0.4, -0.2) is 50.0 Å². The van der Waals surface area contributed by atoms with Gasteiger partial charge >= 0.3 is 0 Å². The van der Waals surface area contributed by atoms with Gasteiger partial charge in [0.2, 0.25) is 21.8 Å². The second-order valence-corrected chi connectivity index (χ2v) is 12.0. The van der Waals surface area contributed by atoms with Crippen LogP contribution in [0.25, 0.3) is 0 Å². The lowest BCUT2D eigenvalue weighted by atomic mass is 10.1. The van der Waals surface area contributed by atoms with E-state index in [1.165, 1.54) is 4.90 Å². The van der Waals surface area contributed by atoms with E-state index in [0.717, 1.165) is 48.2 Å². The highest BCUT2D eigenvalue weighted by Crippen LogP contribution is 2.25. The van der Waals surface area contributed by atoms with Crippen LogP contribution in [0.2, 0.25) is 10.0 Å². The van der Waals surface area contributed by atoms with Crippen molar-refractivity contribution in [2.45, 2.75) is 64.6 Å². The molecular weight excluding hydrogens is 521 g/mol. The molecule has 10 heteroatoms. The Morgan fingerprint density at radius 1 is 1.08 bits per heavy atom. The van der Waals surface area contributed by atoms with Crippen molar-refractivity contribution in [1.29, 1.82) is 0 Å². The van der Waals surface area contributed by atoms with E-state index in [4.69, 9.17) is 23.2 Å². The summed E-state index contributed by atoms with van der Waals surface area (Å²) in [4.78, 5) is 28.1. The van der Waals surface area contributed by atoms with Crippen molar-refractivity contribution >= 4 is 50.7 Å². The number of anilines is 1. The first-order valence-electron chi connectivity index (χ1n) is 12.1. The minimum atomic E-state index is -3.78. The highest BCUT2D eigenvalue weighted by atomic mass is 35.5. The van der Waals surface area contributed by atoms with Crippen molar-refractivity contribution < 1.29 is 18.0 Å². The highest BCUT2D eigenvalue weighted by Gasteiger charge is 2.31. The molecule has 7 nitrogen and oxygen atoms in total. The number of rotatable bonds is 10. The van der Waals surface area contributed by atoms with Crippen molar-refractivity contribution in [2.24, 2.45) is 0 Å². The van der Waals surface area contributed by atoms with E-state index in [1.54, 1.807) is 37.3 Å². The van der Waals surface area contributed by atoms with Gasteiger partial charge in [-0.3, -0.25) is 13.9 Å². The number of benzene rings is 2. The molecule has 1 aliphatic rings. The molecule has 1 atom stereocenters. The fourth-order valence-electron chi connectivity index (χ4n) is 4.32. The van der Waals surface area contributed by atoms with E-state index in [-0.39, 0.29) is 18.5 Å². The van der Waals surface area contributed by atoms with E-state index in [9.17, 15) is 18.0 Å². The van der Waals surface area contributed by atoms with Gasteiger partial charge in [-0.1, -0.05) is 61.2 Å². The molecule has 1 saturated carbocycles. The topological polar surface area (TPSA) is 86.8 Å². The summed E-state index contributed by atoms with van der Waals surface area (Å²) in [6.45, 7) is 3.23. The molecule has 1 N–H and O–H groups in total. The Labute approximate surface area is 223 Å². The monoisotopic (exact) mass is 553 g/mol. The molecule has 3 rings (SSSR count). The Hall–Kier alpha value is -2.29. The molecule has 1 aliphatic carbocycles. The number of hydrogen-bond donors (Lipinski definition) is 1. The Morgan fingerprint density at radius 2 is 1.72 bits per heavy atom. The van der Waals surface area contributed by atoms with Crippen LogP contribution in [0.4, 0.5) is 5.69 Å². The predicted molar refractivity (Wildman–Crippen MR) is 145 cm³/mol. The van der Waals surface area contributed by atoms with Crippen molar-refractivity contribution in [2.75, 3.05) is 17.1 Å². The van der Waals surface area contributed by atoms with Crippen LogP contribution in [0.15, 0.2) is 42.5 Å². The standard InChI is InChI=1S/C26H33Cl2N3O4S/c1-4-19-9-13-23(14-10-19)31(36(3,34)35)17-25(32)30(16-20-11-12-21(27)15-24(20)28)18(2)26(33)29-22-7-5-6-8-22/h9-15,18,22H,4-8,16-17H2,1-3H3,(H,29,33). The van der Waals surface area contributed by atoms with Crippen LogP contribution in [0, 0.1) is 0 Å². The fraction of sp³-hybridized carbons (Fsp3) is 0.462. The maximum absolute atomic E-state index is 13.6. The summed E-state index contributed by atoms with van der Waals surface area (Å²) in [6.07, 6.45) is 5.80. The molecule has 0 heterocycles. The summed E-state index contributed by atoms with van der Waals surface area (Å²) >= 11 is 12.4. The minimum absolute atomic E-state index is 0.0282. The Bertz CT molecular complexity index is 1180. The van der Waals surface area contributed by atoms with E-state index in [2.05, 4.69) is 5.32 Å². The largest absolute Gasteiger partial charge is 0.352 e. The summed E-state index contributed by atoms with van der Waals surface area (Å²) in [7, 11) is -3.78. The zero-order chi connectivity index (χ0) is 26.5. The summed E-state index contributed by atoms with van der Waals surface area (Å²) in [5, 5.41) is 3.84. The Kier molecular flexibility index (Phi) is 9.66. The SMILES string of the molecule is CCc1ccc(N(CC(=O)N(Cc2ccc(Cl)cc2Cl)C(C)C(=O)NC2CCCC2)S(C)(=O)=O)cc1. The summed E-state index contributed by atoms with van der Waals surface area (Å²) in [5.41, 5.74) is 2.04. The van der Waals surface area contributed by atoms with Crippen LogP contribution >= 0.6 is 23.2 Å². The fourth-order valence-corrected chi connectivity index (χ4v) is 5.64. The van der Waals surface area contributed by atoms with E-state index in [0.29, 0.717) is 21.3 Å². The van der Waals surface area contributed by atoms with Crippen molar-refractivity contribution in [3.8, 4) is 0 Å². The van der Waals surface area contributed by atoms with E-state index < -0.39 is 28.5 Å². The maximum atomic E-state index is 13.6. The normalized spacial score (nSPS) is 14.9. The van der Waals surface area contributed by atoms with Crippen LogP contribution < -0.4 is 9.62 Å². The first kappa shape index (κ1) is 28.3. The number of hydrogen-bond acceptors (Lipinski definition) is 4. The zero-order valence-corrected chi connectivity index (χ0v) is 23.2. The van der Waals surface area contributed by atoms with E-state index in [1.807, 2.05) is 19.1 Å². The van der Waals surface area contributed by atoms with Crippen LogP contribution in [0.1, 0.15) is 50.7 Å². The average Bonchev–Trinajstić information content (AvgIpc) is 3.34. The van der Waals surface area contributed by atoms with Gasteiger partial charge in [0.05, 0.1) is 11.9 Å². The predicted octanol–water partition coefficient (Wildman–Crippen LogP) is 4.80. The third kappa shape index (κ3) is 7.37. The van der Waals surface area contributed by atoms with Crippen LogP contribution in [-0.2, 0) is 32.6 Å². The van der Waals surface area contributed by atoms with Gasteiger partial charge in [-0.2, -0.15) is 0 Å². The molecule has 2 aromatic carbocycles. The van der Waals surface area contributed by atoms with Gasteiger partial charge in [0.1, 0.15) is 12.6 Å². The van der Waals surface area contributed by atoms with Crippen LogP contribution in [0.5, 0.6) is 0 Å². The Balaban J connectivity index is 1.89. The molecule has 0 bridgehead atoms. The van der Waals surface area contributed by atoms with Crippen molar-refractivity contribution in [1.82, 2.24) is 10.2 Å². The average molecular weight is 555 g/mol. The number of carbonyl (C=O) groups excluding carboxylic acids is 2. The zero-order valence-electron chi connectivity index (χ0n) is 20.8. The smallest absolute Gasteiger partial charge is 0.244 e. The molecule has 0 aliphatic heterocycles. The lowest BCUT2D eigenvalue weighted by molar-refractivity contribution is -0.139. The number of aryl methyl sites for hydroxylation is 1. The van der Waals surface area contributed by atoms with Gasteiger partial charge in [0, 0.05) is 22.6 Å². The molecule has 196 valence electrons. The van der Waals surface area contributed by atoms with Gasteiger partial charge in [0.15, 0.2) is 0 Å². The third-order valence-electron chi connectivity index (χ3n) is 6.54. The number of nitrogens with zero attached hydrogens (tertiary/aromatic N) is 2. The first-order valence-corrected chi connectivity index (χ1v) is 14.7. The number of nitrogens with one attached hydrogen (secondary N) is 1. The van der Waals surface area contributed by atoms with E-state index >= 15 is 0 Å². The molecule has 0 radical (unpaired) electrons.